The van der Waals surface area contributed by atoms with Crippen molar-refractivity contribution in [1.29, 1.82) is 5.26 Å². The Balaban J connectivity index is 2.44. The fourth-order valence-electron chi connectivity index (χ4n) is 1.67. The van der Waals surface area contributed by atoms with Gasteiger partial charge in [0.05, 0.1) is 18.2 Å². The highest BCUT2D eigenvalue weighted by Gasteiger charge is 2.47. The molecule has 76 valence electrons. The van der Waals surface area contributed by atoms with Crippen molar-refractivity contribution in [3.63, 3.8) is 0 Å². The lowest BCUT2D eigenvalue weighted by Crippen LogP contribution is -2.47. The van der Waals surface area contributed by atoms with E-state index in [1.165, 1.54) is 0 Å². The SMILES string of the molecule is N#Cc1cccc(C2(C(=O)O)CCO2)c1. The summed E-state index contributed by atoms with van der Waals surface area (Å²) in [6.07, 6.45) is 0.456. The van der Waals surface area contributed by atoms with Gasteiger partial charge in [0.25, 0.3) is 0 Å². The van der Waals surface area contributed by atoms with Gasteiger partial charge in [-0.15, -0.1) is 0 Å². The molecule has 1 saturated heterocycles. The van der Waals surface area contributed by atoms with Gasteiger partial charge >= 0.3 is 5.97 Å². The second-order valence-corrected chi connectivity index (χ2v) is 3.42. The van der Waals surface area contributed by atoms with Crippen LogP contribution in [0.1, 0.15) is 17.5 Å². The Morgan fingerprint density at radius 2 is 2.33 bits per heavy atom. The zero-order valence-corrected chi connectivity index (χ0v) is 7.93. The maximum absolute atomic E-state index is 11.1. The molecule has 0 radical (unpaired) electrons. The Hall–Kier alpha value is -1.86. The van der Waals surface area contributed by atoms with Crippen molar-refractivity contribution >= 4 is 5.97 Å². The first-order chi connectivity index (χ1) is 7.19. The number of nitrogens with zero attached hydrogens (tertiary/aromatic N) is 1. The number of carbonyl (C=O) groups is 1. The van der Waals surface area contributed by atoms with Crippen LogP contribution < -0.4 is 0 Å². The van der Waals surface area contributed by atoms with Gasteiger partial charge in [-0.05, 0) is 17.7 Å². The van der Waals surface area contributed by atoms with Gasteiger partial charge < -0.3 is 9.84 Å². The number of hydrogen-bond acceptors (Lipinski definition) is 3. The highest BCUT2D eigenvalue weighted by Crippen LogP contribution is 2.37. The van der Waals surface area contributed by atoms with E-state index in [0.717, 1.165) is 0 Å². The number of benzene rings is 1. The van der Waals surface area contributed by atoms with E-state index in [2.05, 4.69) is 0 Å². The summed E-state index contributed by atoms with van der Waals surface area (Å²) >= 11 is 0. The third-order valence-electron chi connectivity index (χ3n) is 2.61. The average molecular weight is 203 g/mol. The summed E-state index contributed by atoms with van der Waals surface area (Å²) in [7, 11) is 0. The second-order valence-electron chi connectivity index (χ2n) is 3.42. The van der Waals surface area contributed by atoms with Gasteiger partial charge in [-0.2, -0.15) is 5.26 Å². The van der Waals surface area contributed by atoms with Crippen LogP contribution in [-0.2, 0) is 15.1 Å². The minimum Gasteiger partial charge on any atom is -0.479 e. The van der Waals surface area contributed by atoms with Gasteiger partial charge in [0.1, 0.15) is 0 Å². The molecule has 2 rings (SSSR count). The third-order valence-corrected chi connectivity index (χ3v) is 2.61. The van der Waals surface area contributed by atoms with Crippen LogP contribution in [0.15, 0.2) is 24.3 Å². The summed E-state index contributed by atoms with van der Waals surface area (Å²) in [6, 6.07) is 8.52. The lowest BCUT2D eigenvalue weighted by Gasteiger charge is -2.38. The van der Waals surface area contributed by atoms with E-state index in [4.69, 9.17) is 15.1 Å². The van der Waals surface area contributed by atoms with Crippen LogP contribution in [0.25, 0.3) is 0 Å². The maximum Gasteiger partial charge on any atom is 0.340 e. The van der Waals surface area contributed by atoms with Crippen molar-refractivity contribution in [1.82, 2.24) is 0 Å². The van der Waals surface area contributed by atoms with Crippen molar-refractivity contribution < 1.29 is 14.6 Å². The van der Waals surface area contributed by atoms with E-state index in [1.54, 1.807) is 24.3 Å². The van der Waals surface area contributed by atoms with Crippen LogP contribution in [-0.4, -0.2) is 17.7 Å². The quantitative estimate of drug-likeness (QED) is 0.785. The fraction of sp³-hybridized carbons (Fsp3) is 0.273. The molecule has 0 aromatic heterocycles. The van der Waals surface area contributed by atoms with Crippen LogP contribution in [0.5, 0.6) is 0 Å². The van der Waals surface area contributed by atoms with E-state index < -0.39 is 11.6 Å². The molecule has 1 atom stereocenters. The lowest BCUT2D eigenvalue weighted by atomic mass is 9.86. The molecule has 4 heteroatoms. The monoisotopic (exact) mass is 203 g/mol. The Kier molecular flexibility index (Phi) is 2.18. The van der Waals surface area contributed by atoms with Crippen molar-refractivity contribution in [2.75, 3.05) is 6.61 Å². The van der Waals surface area contributed by atoms with Crippen LogP contribution >= 0.6 is 0 Å². The fourth-order valence-corrected chi connectivity index (χ4v) is 1.67. The van der Waals surface area contributed by atoms with Crippen molar-refractivity contribution in [3.8, 4) is 6.07 Å². The molecular formula is C11H9NO3. The van der Waals surface area contributed by atoms with E-state index in [1.807, 2.05) is 6.07 Å². The Bertz CT molecular complexity index is 443. The molecule has 0 spiro atoms. The highest BCUT2D eigenvalue weighted by molar-refractivity contribution is 5.80. The number of ether oxygens (including phenoxy) is 1. The van der Waals surface area contributed by atoms with Gasteiger partial charge in [-0.25, -0.2) is 4.79 Å². The van der Waals surface area contributed by atoms with Crippen molar-refractivity contribution in [3.05, 3.63) is 35.4 Å². The standard InChI is InChI=1S/C11H9NO3/c12-7-8-2-1-3-9(6-8)11(10(13)14)4-5-15-11/h1-3,6H,4-5H2,(H,13,14). The van der Waals surface area contributed by atoms with Crippen LogP contribution in [0, 0.1) is 11.3 Å². The lowest BCUT2D eigenvalue weighted by molar-refractivity contribution is -0.197. The maximum atomic E-state index is 11.1. The van der Waals surface area contributed by atoms with Gasteiger partial charge in [0, 0.05) is 6.42 Å². The summed E-state index contributed by atoms with van der Waals surface area (Å²) < 4.78 is 5.16. The molecule has 1 fully saturated rings. The highest BCUT2D eigenvalue weighted by atomic mass is 16.5. The van der Waals surface area contributed by atoms with E-state index >= 15 is 0 Å². The minimum atomic E-state index is -1.23. The normalized spacial score (nSPS) is 23.9. The smallest absolute Gasteiger partial charge is 0.340 e. The minimum absolute atomic E-state index is 0.448. The van der Waals surface area contributed by atoms with Crippen molar-refractivity contribution in [2.45, 2.75) is 12.0 Å². The predicted molar refractivity (Wildman–Crippen MR) is 51.0 cm³/mol. The summed E-state index contributed by atoms with van der Waals surface area (Å²) in [4.78, 5) is 11.1. The zero-order chi connectivity index (χ0) is 10.9. The number of carboxylic acid groups (broad SMARTS) is 1. The predicted octanol–water partition coefficient (Wildman–Crippen LogP) is 1.26. The Morgan fingerprint density at radius 3 is 2.80 bits per heavy atom. The molecular weight excluding hydrogens is 194 g/mol. The van der Waals surface area contributed by atoms with E-state index in [9.17, 15) is 4.79 Å². The Labute approximate surface area is 86.7 Å². The van der Waals surface area contributed by atoms with E-state index in [0.29, 0.717) is 24.2 Å². The molecule has 1 heterocycles. The molecule has 1 unspecified atom stereocenters. The molecule has 15 heavy (non-hydrogen) atoms. The van der Waals surface area contributed by atoms with Gasteiger partial charge in [0.15, 0.2) is 5.60 Å². The number of rotatable bonds is 2. The largest absolute Gasteiger partial charge is 0.479 e. The number of nitriles is 1. The number of hydrogen-bond donors (Lipinski definition) is 1. The molecule has 0 bridgehead atoms. The molecule has 4 nitrogen and oxygen atoms in total. The zero-order valence-electron chi connectivity index (χ0n) is 7.93. The first kappa shape index (κ1) is 9.69. The summed E-state index contributed by atoms with van der Waals surface area (Å²) in [5.41, 5.74) is -0.240. The molecule has 0 amide bonds. The average Bonchev–Trinajstić information content (AvgIpc) is 2.16. The summed E-state index contributed by atoms with van der Waals surface area (Å²) in [6.45, 7) is 0.448. The van der Waals surface area contributed by atoms with Crippen LogP contribution in [0.2, 0.25) is 0 Å². The van der Waals surface area contributed by atoms with Crippen LogP contribution in [0.3, 0.4) is 0 Å². The first-order valence-corrected chi connectivity index (χ1v) is 4.57. The molecule has 1 aliphatic rings. The second kappa shape index (κ2) is 3.37. The van der Waals surface area contributed by atoms with Gasteiger partial charge in [-0.1, -0.05) is 12.1 Å². The molecule has 1 aliphatic heterocycles. The first-order valence-electron chi connectivity index (χ1n) is 4.57. The third kappa shape index (κ3) is 1.37. The van der Waals surface area contributed by atoms with Crippen LogP contribution in [0.4, 0.5) is 0 Å². The van der Waals surface area contributed by atoms with E-state index in [-0.39, 0.29) is 0 Å². The molecule has 0 aliphatic carbocycles. The topological polar surface area (TPSA) is 70.3 Å². The number of carboxylic acids is 1. The van der Waals surface area contributed by atoms with Gasteiger partial charge in [0.2, 0.25) is 0 Å². The summed E-state index contributed by atoms with van der Waals surface area (Å²) in [5, 5.41) is 17.8. The molecule has 1 N–H and O–H groups in total. The van der Waals surface area contributed by atoms with Crippen molar-refractivity contribution in [2.24, 2.45) is 0 Å². The van der Waals surface area contributed by atoms with Gasteiger partial charge in [-0.3, -0.25) is 0 Å². The molecule has 1 aromatic carbocycles. The molecule has 1 aromatic rings. The molecule has 0 saturated carbocycles. The Morgan fingerprint density at radius 1 is 1.60 bits per heavy atom. The summed E-state index contributed by atoms with van der Waals surface area (Å²) in [5.74, 6) is -0.996. The number of aliphatic carboxylic acids is 1.